The molecule has 5 fully saturated rings. The normalized spacial score (nSPS) is 33.7. The van der Waals surface area contributed by atoms with Crippen LogP contribution in [0.3, 0.4) is 0 Å². The predicted molar refractivity (Wildman–Crippen MR) is 404 cm³/mol. The van der Waals surface area contributed by atoms with Crippen LogP contribution in [-0.2, 0) is 61.8 Å². The summed E-state index contributed by atoms with van der Waals surface area (Å²) in [6.45, 7) is -0.290. The number of allylic oxidation sites excluding steroid dienone is 1. The Kier molecular flexibility index (Phi) is 48.9. The number of unbranched alkanes of at least 4 members (excludes halogenated alkanes) is 33. The topological polar surface area (TPSA) is 532 Å². The molecule has 33 nitrogen and oxygen atoms in total. The number of hydrogen-bond donors (Lipinski definition) is 20. The van der Waals surface area contributed by atoms with Crippen molar-refractivity contribution in [2.24, 2.45) is 0 Å². The third kappa shape index (κ3) is 32.3. The van der Waals surface area contributed by atoms with Gasteiger partial charge in [0.15, 0.2) is 25.2 Å². The van der Waals surface area contributed by atoms with E-state index in [-0.39, 0.29) is 12.3 Å². The van der Waals surface area contributed by atoms with E-state index in [4.69, 9.17) is 47.4 Å². The number of aliphatic carboxylic acids is 1. The second-order valence-electron chi connectivity index (χ2n) is 31.4. The van der Waals surface area contributed by atoms with E-state index in [2.05, 4.69) is 24.5 Å². The minimum absolute atomic E-state index is 0.177. The summed E-state index contributed by atoms with van der Waals surface area (Å²) >= 11 is 0. The molecule has 0 aliphatic carbocycles. The summed E-state index contributed by atoms with van der Waals surface area (Å²) in [7, 11) is 0. The highest BCUT2D eigenvalue weighted by Crippen LogP contribution is 2.40. The molecule has 28 atom stereocenters. The van der Waals surface area contributed by atoms with Gasteiger partial charge in [-0.2, -0.15) is 0 Å². The van der Waals surface area contributed by atoms with Gasteiger partial charge in [-0.25, -0.2) is 4.79 Å². The molecule has 0 spiro atoms. The van der Waals surface area contributed by atoms with Crippen LogP contribution in [0.1, 0.15) is 258 Å². The molecule has 0 saturated carbocycles. The number of nitrogens with one attached hydrogen (secondary N) is 2. The van der Waals surface area contributed by atoms with Crippen LogP contribution >= 0.6 is 0 Å². The number of amides is 2. The molecule has 10 unspecified atom stereocenters. The number of aliphatic hydroxyl groups is 17. The average Bonchev–Trinajstić information content (AvgIpc) is 0.763. The second kappa shape index (κ2) is 55.0. The van der Waals surface area contributed by atoms with Crippen LogP contribution in [-0.4, -0.2) is 321 Å². The number of carbonyl (C=O) groups is 3. The molecule has 0 aromatic carbocycles. The van der Waals surface area contributed by atoms with Crippen LogP contribution in [0.15, 0.2) is 12.2 Å². The Balaban J connectivity index is 1.18. The van der Waals surface area contributed by atoms with Crippen molar-refractivity contribution in [3.8, 4) is 0 Å². The molecule has 5 rings (SSSR count). The van der Waals surface area contributed by atoms with Crippen LogP contribution in [0.2, 0.25) is 0 Å². The molecule has 5 aliphatic rings. The monoisotopic (exact) mass is 1620 g/mol. The first-order chi connectivity index (χ1) is 53.9. The van der Waals surface area contributed by atoms with Crippen molar-refractivity contribution in [2.45, 2.75) is 430 Å². The lowest BCUT2D eigenvalue weighted by Gasteiger charge is -2.51. The quantitative estimate of drug-likeness (QED) is 0.0305. The van der Waals surface area contributed by atoms with E-state index in [1.165, 1.54) is 161 Å². The van der Waals surface area contributed by atoms with Gasteiger partial charge in [0.05, 0.1) is 57.9 Å². The molecule has 0 aromatic heterocycles. The van der Waals surface area contributed by atoms with Crippen molar-refractivity contribution in [3.05, 3.63) is 12.2 Å². The van der Waals surface area contributed by atoms with E-state index in [0.29, 0.717) is 12.8 Å². The molecule has 656 valence electrons. The summed E-state index contributed by atoms with van der Waals surface area (Å²) in [4.78, 5) is 39.4. The number of hydrogen-bond acceptors (Lipinski definition) is 30. The third-order valence-corrected chi connectivity index (χ3v) is 22.2. The van der Waals surface area contributed by atoms with E-state index in [9.17, 15) is 106 Å². The average molecular weight is 1620 g/mol. The molecule has 5 saturated heterocycles. The summed E-state index contributed by atoms with van der Waals surface area (Å²) in [5, 5.41) is 203. The zero-order chi connectivity index (χ0) is 82.1. The minimum atomic E-state index is -3.19. The van der Waals surface area contributed by atoms with E-state index < -0.39 is 229 Å². The Labute approximate surface area is 661 Å². The highest BCUT2D eigenvalue weighted by Gasteiger charge is 2.61. The highest BCUT2D eigenvalue weighted by molar-refractivity contribution is 5.76. The third-order valence-electron chi connectivity index (χ3n) is 22.2. The first kappa shape index (κ1) is 99.6. The molecule has 112 heavy (non-hydrogen) atoms. The Bertz CT molecular complexity index is 2520. The summed E-state index contributed by atoms with van der Waals surface area (Å²) in [6, 6.07) is -2.93. The van der Waals surface area contributed by atoms with Gasteiger partial charge in [-0.1, -0.05) is 231 Å². The highest BCUT2D eigenvalue weighted by atomic mass is 16.8. The molecule has 20 N–H and O–H groups in total. The zero-order valence-electron chi connectivity index (χ0n) is 66.5. The molecule has 5 aliphatic heterocycles. The maximum Gasteiger partial charge on any atom is 0.364 e. The van der Waals surface area contributed by atoms with Crippen LogP contribution in [0.25, 0.3) is 0 Å². The molecule has 0 aromatic rings. The van der Waals surface area contributed by atoms with Gasteiger partial charge in [-0.3, -0.25) is 9.59 Å². The number of carboxylic acids is 1. The molecular weight excluding hydrogens is 1470 g/mol. The van der Waals surface area contributed by atoms with Crippen LogP contribution in [0.4, 0.5) is 0 Å². The first-order valence-corrected chi connectivity index (χ1v) is 42.1. The largest absolute Gasteiger partial charge is 0.477 e. The van der Waals surface area contributed by atoms with Crippen molar-refractivity contribution in [3.63, 3.8) is 0 Å². The predicted octanol–water partition coefficient (Wildman–Crippen LogP) is 1.93. The fraction of sp³-hybridized carbons (Fsp3) is 0.937. The number of carbonyl (C=O) groups excluding carboxylic acids is 2. The molecule has 0 radical (unpaired) electrons. The van der Waals surface area contributed by atoms with E-state index in [1.807, 2.05) is 6.08 Å². The SMILES string of the molecule is CCCCCCCCCCCCC/C=C/[C@@H](O)[C@H](CO[C@@H]1OC(CO)[C@@H](O[C@@H]2OC(CO)[C@H](O)[C@H](O[C@@H]3OC(CO)[C@@H](O[C@@H]4OC(CO)[C@H](O)[C@H](O[C@]5(C(=O)O)CC(O)[C@@H](O)C([C@H](O)[C@H](O)CO)O5)C4O)[C@H](O)C3NC(C)=O)C2O)[C@H](O)C1O)NC(=O)CCCCCCCCCCCCCCCCCCCCCCCCC. The van der Waals surface area contributed by atoms with Gasteiger partial charge < -0.3 is 150 Å². The van der Waals surface area contributed by atoms with E-state index in [0.717, 1.165) is 58.3 Å². The van der Waals surface area contributed by atoms with Gasteiger partial charge >= 0.3 is 5.97 Å². The maximum atomic E-state index is 13.6. The van der Waals surface area contributed by atoms with Gasteiger partial charge in [0, 0.05) is 19.8 Å². The van der Waals surface area contributed by atoms with Crippen molar-refractivity contribution in [2.75, 3.05) is 39.6 Å². The Hall–Kier alpha value is -2.93. The lowest BCUT2D eigenvalue weighted by molar-refractivity contribution is -0.393. The Morgan fingerprint density at radius 1 is 0.464 bits per heavy atom. The van der Waals surface area contributed by atoms with Gasteiger partial charge in [0.1, 0.15) is 122 Å². The van der Waals surface area contributed by atoms with Crippen LogP contribution in [0, 0.1) is 0 Å². The zero-order valence-corrected chi connectivity index (χ0v) is 66.5. The molecule has 2 amide bonds. The van der Waals surface area contributed by atoms with Crippen LogP contribution < -0.4 is 10.6 Å². The molecule has 33 heteroatoms. The smallest absolute Gasteiger partial charge is 0.364 e. The maximum absolute atomic E-state index is 13.6. The van der Waals surface area contributed by atoms with E-state index >= 15 is 0 Å². The fourth-order valence-electron chi connectivity index (χ4n) is 15.3. The summed E-state index contributed by atoms with van der Waals surface area (Å²) < 4.78 is 58.4. The number of ether oxygens (including phenoxy) is 10. The van der Waals surface area contributed by atoms with Gasteiger partial charge in [-0.05, 0) is 19.3 Å². The summed E-state index contributed by atoms with van der Waals surface area (Å²) in [5.41, 5.74) is 0. The van der Waals surface area contributed by atoms with Gasteiger partial charge in [0.25, 0.3) is 5.79 Å². The Morgan fingerprint density at radius 3 is 1.30 bits per heavy atom. The number of carboxylic acid groups (broad SMARTS) is 1. The van der Waals surface area contributed by atoms with Crippen LogP contribution in [0.5, 0.6) is 0 Å². The standard InChI is InChI=1S/C79H144N2O31/c1-4-6-8-10-12-14-16-18-19-20-21-22-23-24-25-26-27-29-31-33-35-37-39-41-58(91)81-50(51(88)40-38-36-34-32-30-28-17-15-13-11-9-7-5-2)48-103-75-66(98)65(97)70(57(47-86)107-75)109-76-67(99)71(62(94)54(44-83)104-76)110-74-59(80-49(3)87)64(96)69(56(46-85)106-74)108-77-68(100)73(63(95)55(45-84)105-77)112-79(78(101)102)42-52(89)60(92)72(111-79)61(93)53(90)43-82/h38,40,50-57,59-77,82-86,88-90,92-100H,4-37,39,41-48H2,1-3H3,(H,80,87)(H,81,91)(H,101,102)/b40-38+/t50-,51+,52?,53+,54?,55?,56?,57?,59?,60+,61+,62-,63-,64+,65+,66?,67?,68?,69+,70+,71-,72?,73-,74-,75+,76-,77-,79-/m0/s1. The number of rotatable bonds is 59. The Morgan fingerprint density at radius 2 is 0.866 bits per heavy atom. The molecular formula is C79H144N2O31. The van der Waals surface area contributed by atoms with Gasteiger partial charge in [-0.15, -0.1) is 0 Å². The van der Waals surface area contributed by atoms with Crippen molar-refractivity contribution < 1.29 is 154 Å². The van der Waals surface area contributed by atoms with Crippen molar-refractivity contribution in [1.29, 1.82) is 0 Å². The fourth-order valence-corrected chi connectivity index (χ4v) is 15.3. The lowest BCUT2D eigenvalue weighted by Crippen LogP contribution is -2.70. The molecule has 5 heterocycles. The van der Waals surface area contributed by atoms with Crippen molar-refractivity contribution in [1.82, 2.24) is 10.6 Å². The minimum Gasteiger partial charge on any atom is -0.477 e. The number of aliphatic hydroxyl groups excluding tert-OH is 17. The lowest BCUT2D eigenvalue weighted by atomic mass is 9.90. The summed E-state index contributed by atoms with van der Waals surface area (Å²) in [5.74, 6) is -6.49. The van der Waals surface area contributed by atoms with Crippen molar-refractivity contribution >= 4 is 17.8 Å². The second-order valence-corrected chi connectivity index (χ2v) is 31.4. The summed E-state index contributed by atoms with van der Waals surface area (Å²) in [6.07, 6.45) is -5.51. The first-order valence-electron chi connectivity index (χ1n) is 42.1. The van der Waals surface area contributed by atoms with E-state index in [1.54, 1.807) is 6.08 Å². The van der Waals surface area contributed by atoms with Gasteiger partial charge in [0.2, 0.25) is 11.8 Å². The molecule has 0 bridgehead atoms.